The third kappa shape index (κ3) is 4.09. The van der Waals surface area contributed by atoms with Crippen molar-refractivity contribution in [3.05, 3.63) is 21.9 Å². The van der Waals surface area contributed by atoms with Crippen LogP contribution in [-0.2, 0) is 0 Å². The zero-order valence-electron chi connectivity index (χ0n) is 12.0. The lowest BCUT2D eigenvalue weighted by Crippen LogP contribution is -2.39. The Labute approximate surface area is 124 Å². The van der Waals surface area contributed by atoms with Crippen LogP contribution >= 0.6 is 11.3 Å². The van der Waals surface area contributed by atoms with E-state index in [1.165, 1.54) is 17.8 Å². The van der Waals surface area contributed by atoms with Crippen molar-refractivity contribution in [2.45, 2.75) is 39.2 Å². The molecule has 20 heavy (non-hydrogen) atoms. The summed E-state index contributed by atoms with van der Waals surface area (Å²) in [4.78, 5) is 13.7. The minimum absolute atomic E-state index is 0.00153. The second-order valence-electron chi connectivity index (χ2n) is 5.71. The molecule has 108 valence electrons. The molecule has 2 atom stereocenters. The maximum Gasteiger partial charge on any atom is 0.261 e. The van der Waals surface area contributed by atoms with E-state index in [1.54, 1.807) is 6.07 Å². The molecule has 2 unspecified atom stereocenters. The van der Waals surface area contributed by atoms with Crippen LogP contribution in [-0.4, -0.2) is 23.7 Å². The van der Waals surface area contributed by atoms with Crippen molar-refractivity contribution in [3.63, 3.8) is 0 Å². The molecule has 0 spiro atoms. The number of hydrogen-bond donors (Lipinski definition) is 2. The third-order valence-corrected chi connectivity index (χ3v) is 4.63. The van der Waals surface area contributed by atoms with Gasteiger partial charge in [-0.3, -0.25) is 4.79 Å². The van der Waals surface area contributed by atoms with Crippen LogP contribution in [0.25, 0.3) is 0 Å². The Hall–Kier alpha value is -1.31. The molecule has 0 aliphatic heterocycles. The molecule has 0 aromatic carbocycles. The first-order valence-corrected chi connectivity index (χ1v) is 7.90. The second kappa shape index (κ2) is 6.92. The summed E-state index contributed by atoms with van der Waals surface area (Å²) in [5, 5.41) is 11.8. The molecule has 1 aromatic rings. The Morgan fingerprint density at radius 3 is 2.70 bits per heavy atom. The number of aliphatic hydroxyl groups excluding tert-OH is 1. The van der Waals surface area contributed by atoms with E-state index in [0.717, 1.165) is 17.7 Å². The van der Waals surface area contributed by atoms with Crippen molar-refractivity contribution in [2.24, 2.45) is 11.8 Å². The normalized spacial score (nSPS) is 25.6. The number of amides is 1. The average molecular weight is 291 g/mol. The summed E-state index contributed by atoms with van der Waals surface area (Å²) in [6.45, 7) is 4.35. The number of carbonyl (C=O) groups excluding carboxylic acids is 1. The quantitative estimate of drug-likeness (QED) is 0.823. The molecular formula is C16H21NO2S. The Balaban J connectivity index is 1.96. The third-order valence-electron chi connectivity index (χ3n) is 3.63. The van der Waals surface area contributed by atoms with Crippen LogP contribution in [0.2, 0.25) is 0 Å². The molecule has 4 heteroatoms. The summed E-state index contributed by atoms with van der Waals surface area (Å²) in [6, 6.07) is 3.92. The van der Waals surface area contributed by atoms with Gasteiger partial charge in [0, 0.05) is 6.04 Å². The summed E-state index contributed by atoms with van der Waals surface area (Å²) < 4.78 is 0. The highest BCUT2D eigenvalue weighted by molar-refractivity contribution is 7.14. The van der Waals surface area contributed by atoms with E-state index in [2.05, 4.69) is 31.0 Å². The molecule has 0 saturated heterocycles. The molecule has 2 rings (SSSR count). The first-order valence-electron chi connectivity index (χ1n) is 7.09. The van der Waals surface area contributed by atoms with Crippen LogP contribution in [0.5, 0.6) is 0 Å². The van der Waals surface area contributed by atoms with Gasteiger partial charge in [0.2, 0.25) is 0 Å². The van der Waals surface area contributed by atoms with Gasteiger partial charge in [-0.05, 0) is 43.2 Å². The highest BCUT2D eigenvalue weighted by Crippen LogP contribution is 2.28. The van der Waals surface area contributed by atoms with Crippen LogP contribution in [0.1, 0.15) is 47.7 Å². The lowest BCUT2D eigenvalue weighted by molar-refractivity contribution is 0.0915. The molecule has 1 aromatic heterocycles. The number of aliphatic hydroxyl groups is 1. The van der Waals surface area contributed by atoms with Crippen molar-refractivity contribution in [2.75, 3.05) is 6.61 Å². The fourth-order valence-corrected chi connectivity index (χ4v) is 3.76. The highest BCUT2D eigenvalue weighted by Gasteiger charge is 2.25. The van der Waals surface area contributed by atoms with E-state index in [-0.39, 0.29) is 18.6 Å². The Kier molecular flexibility index (Phi) is 5.22. The first kappa shape index (κ1) is 15.1. The van der Waals surface area contributed by atoms with Crippen molar-refractivity contribution >= 4 is 17.2 Å². The number of nitrogens with one attached hydrogen (secondary N) is 1. The first-order chi connectivity index (χ1) is 9.58. The highest BCUT2D eigenvalue weighted by atomic mass is 32.1. The van der Waals surface area contributed by atoms with Crippen molar-refractivity contribution in [3.8, 4) is 11.8 Å². The Morgan fingerprint density at radius 2 is 2.05 bits per heavy atom. The summed E-state index contributed by atoms with van der Waals surface area (Å²) >= 11 is 1.37. The van der Waals surface area contributed by atoms with E-state index in [4.69, 9.17) is 5.11 Å². The fraction of sp³-hybridized carbons (Fsp3) is 0.562. The van der Waals surface area contributed by atoms with Crippen molar-refractivity contribution < 1.29 is 9.90 Å². The van der Waals surface area contributed by atoms with Gasteiger partial charge in [-0.15, -0.1) is 11.3 Å². The number of carbonyl (C=O) groups is 1. The van der Waals surface area contributed by atoms with E-state index < -0.39 is 0 Å². The van der Waals surface area contributed by atoms with Gasteiger partial charge in [-0.2, -0.15) is 0 Å². The molecular weight excluding hydrogens is 270 g/mol. The Bertz CT molecular complexity index is 516. The molecule has 0 radical (unpaired) electrons. The minimum Gasteiger partial charge on any atom is -0.384 e. The van der Waals surface area contributed by atoms with Crippen molar-refractivity contribution in [1.29, 1.82) is 0 Å². The SMILES string of the molecule is CC1CC(C)CC(NC(=O)c2ccc(C#CCO)s2)C1. The number of rotatable bonds is 2. The van der Waals surface area contributed by atoms with E-state index in [9.17, 15) is 4.79 Å². The lowest BCUT2D eigenvalue weighted by atomic mass is 9.80. The van der Waals surface area contributed by atoms with E-state index in [1.807, 2.05) is 6.07 Å². The fourth-order valence-electron chi connectivity index (χ4n) is 2.98. The van der Waals surface area contributed by atoms with E-state index >= 15 is 0 Å². The second-order valence-corrected chi connectivity index (χ2v) is 6.80. The van der Waals surface area contributed by atoms with Gasteiger partial charge in [0.05, 0.1) is 9.75 Å². The topological polar surface area (TPSA) is 49.3 Å². The van der Waals surface area contributed by atoms with Crippen molar-refractivity contribution in [1.82, 2.24) is 5.32 Å². The molecule has 1 fully saturated rings. The lowest BCUT2D eigenvalue weighted by Gasteiger charge is -2.31. The summed E-state index contributed by atoms with van der Waals surface area (Å²) in [5.74, 6) is 6.78. The maximum atomic E-state index is 12.2. The summed E-state index contributed by atoms with van der Waals surface area (Å²) in [5.41, 5.74) is 0. The zero-order valence-corrected chi connectivity index (χ0v) is 12.8. The molecule has 1 aliphatic carbocycles. The van der Waals surface area contributed by atoms with E-state index in [0.29, 0.717) is 16.7 Å². The predicted octanol–water partition coefficient (Wildman–Crippen LogP) is 2.65. The molecule has 0 bridgehead atoms. The zero-order chi connectivity index (χ0) is 14.5. The molecule has 1 aliphatic rings. The average Bonchev–Trinajstić information content (AvgIpc) is 2.83. The standard InChI is InChI=1S/C16H21NO2S/c1-11-8-12(2)10-13(9-11)17-16(19)15-6-5-14(20-15)4-3-7-18/h5-6,11-13,18H,7-10H2,1-2H3,(H,17,19). The largest absolute Gasteiger partial charge is 0.384 e. The van der Waals surface area contributed by atoms with Gasteiger partial charge in [0.15, 0.2) is 0 Å². The van der Waals surface area contributed by atoms with Crippen LogP contribution < -0.4 is 5.32 Å². The Morgan fingerprint density at radius 1 is 1.35 bits per heavy atom. The van der Waals surface area contributed by atoms with Gasteiger partial charge in [-0.1, -0.05) is 25.7 Å². The number of thiophene rings is 1. The van der Waals surface area contributed by atoms with Gasteiger partial charge in [0.1, 0.15) is 6.61 Å². The molecule has 3 nitrogen and oxygen atoms in total. The van der Waals surface area contributed by atoms with Gasteiger partial charge < -0.3 is 10.4 Å². The summed E-state index contributed by atoms with van der Waals surface area (Å²) in [6.07, 6.45) is 3.39. The summed E-state index contributed by atoms with van der Waals surface area (Å²) in [7, 11) is 0. The smallest absolute Gasteiger partial charge is 0.261 e. The van der Waals surface area contributed by atoms with Crippen LogP contribution in [0.3, 0.4) is 0 Å². The molecule has 1 heterocycles. The maximum absolute atomic E-state index is 12.2. The molecule has 1 amide bonds. The van der Waals surface area contributed by atoms with Crippen LogP contribution in [0.15, 0.2) is 12.1 Å². The van der Waals surface area contributed by atoms with Crippen LogP contribution in [0.4, 0.5) is 0 Å². The minimum atomic E-state index is -0.155. The predicted molar refractivity (Wildman–Crippen MR) is 81.7 cm³/mol. The molecule has 1 saturated carbocycles. The van der Waals surface area contributed by atoms with Gasteiger partial charge in [0.25, 0.3) is 5.91 Å². The van der Waals surface area contributed by atoms with Crippen LogP contribution in [0, 0.1) is 23.7 Å². The van der Waals surface area contributed by atoms with Gasteiger partial charge in [-0.25, -0.2) is 0 Å². The monoisotopic (exact) mass is 291 g/mol. The van der Waals surface area contributed by atoms with Gasteiger partial charge >= 0.3 is 0 Å². The number of hydrogen-bond acceptors (Lipinski definition) is 3. The molecule has 2 N–H and O–H groups in total.